The predicted molar refractivity (Wildman–Crippen MR) is 104 cm³/mol. The van der Waals surface area contributed by atoms with Crippen LogP contribution in [0.15, 0.2) is 36.4 Å². The van der Waals surface area contributed by atoms with E-state index in [2.05, 4.69) is 27.6 Å². The molecule has 0 aliphatic heterocycles. The summed E-state index contributed by atoms with van der Waals surface area (Å²) < 4.78 is 0. The Morgan fingerprint density at radius 1 is 1.08 bits per heavy atom. The zero-order valence-electron chi connectivity index (χ0n) is 14.5. The number of hydrogen-bond acceptors (Lipinski definition) is 4. The largest absolute Gasteiger partial charge is 0.331 e. The van der Waals surface area contributed by atoms with Crippen molar-refractivity contribution >= 4 is 29.0 Å². The number of para-hydroxylation sites is 1. The van der Waals surface area contributed by atoms with Gasteiger partial charge in [-0.25, -0.2) is 9.97 Å². The molecule has 0 atom stereocenters. The Labute approximate surface area is 149 Å². The molecule has 2 N–H and O–H groups in total. The third-order valence-corrected chi connectivity index (χ3v) is 3.66. The Kier molecular flexibility index (Phi) is 6.93. The zero-order chi connectivity index (χ0) is 17.4. The molecule has 1 heterocycles. The normalized spacial score (nSPS) is 10.3. The maximum absolute atomic E-state index is 5.44. The second-order valence-corrected chi connectivity index (χ2v) is 6.15. The van der Waals surface area contributed by atoms with Crippen LogP contribution in [0.3, 0.4) is 0 Å². The Morgan fingerprint density at radius 2 is 1.75 bits per heavy atom. The van der Waals surface area contributed by atoms with Gasteiger partial charge in [0.2, 0.25) is 5.95 Å². The smallest absolute Gasteiger partial charge is 0.244 e. The van der Waals surface area contributed by atoms with E-state index >= 15 is 0 Å². The van der Waals surface area contributed by atoms with E-state index in [0.29, 0.717) is 11.1 Å². The molecule has 0 radical (unpaired) electrons. The van der Waals surface area contributed by atoms with Crippen molar-refractivity contribution in [2.45, 2.75) is 40.0 Å². The van der Waals surface area contributed by atoms with Crippen molar-refractivity contribution < 1.29 is 0 Å². The molecule has 6 heteroatoms. The molecule has 0 spiro atoms. The molecular formula is C18H25N5S. The number of aromatic nitrogens is 2. The molecule has 0 saturated heterocycles. The van der Waals surface area contributed by atoms with E-state index in [-0.39, 0.29) is 0 Å². The van der Waals surface area contributed by atoms with Crippen molar-refractivity contribution in [2.75, 3.05) is 16.9 Å². The van der Waals surface area contributed by atoms with Gasteiger partial charge in [0.05, 0.1) is 0 Å². The summed E-state index contributed by atoms with van der Waals surface area (Å²) in [5, 5.41) is 5.64. The van der Waals surface area contributed by atoms with Gasteiger partial charge in [-0.15, -0.1) is 0 Å². The SMILES string of the molecule is CCCCCN(NC(=S)Nc1ccccc1)c1nc(C)cc(C)n1. The lowest BCUT2D eigenvalue weighted by atomic mass is 10.2. The van der Waals surface area contributed by atoms with Gasteiger partial charge in [-0.2, -0.15) is 0 Å². The molecule has 0 unspecified atom stereocenters. The third kappa shape index (κ3) is 5.77. The van der Waals surface area contributed by atoms with Gasteiger partial charge in [-0.1, -0.05) is 38.0 Å². The van der Waals surface area contributed by atoms with Gasteiger partial charge in [-0.05, 0) is 50.7 Å². The molecule has 2 aromatic rings. The van der Waals surface area contributed by atoms with Crippen LogP contribution < -0.4 is 15.8 Å². The number of benzene rings is 1. The molecule has 0 fully saturated rings. The van der Waals surface area contributed by atoms with E-state index in [9.17, 15) is 0 Å². The second-order valence-electron chi connectivity index (χ2n) is 5.74. The molecule has 1 aromatic carbocycles. The van der Waals surface area contributed by atoms with Crippen molar-refractivity contribution in [2.24, 2.45) is 0 Å². The quantitative estimate of drug-likeness (QED) is 0.450. The number of hydrogen-bond donors (Lipinski definition) is 2. The lowest BCUT2D eigenvalue weighted by Gasteiger charge is -2.25. The van der Waals surface area contributed by atoms with E-state index in [1.165, 1.54) is 0 Å². The van der Waals surface area contributed by atoms with E-state index in [1.54, 1.807) is 0 Å². The van der Waals surface area contributed by atoms with Crippen molar-refractivity contribution in [1.82, 2.24) is 15.4 Å². The van der Waals surface area contributed by atoms with Crippen LogP contribution in [0.1, 0.15) is 37.6 Å². The molecule has 2 rings (SSSR count). The first-order valence-corrected chi connectivity index (χ1v) is 8.72. The van der Waals surface area contributed by atoms with Crippen LogP contribution in [0, 0.1) is 13.8 Å². The fourth-order valence-corrected chi connectivity index (χ4v) is 2.59. The highest BCUT2D eigenvalue weighted by Crippen LogP contribution is 2.11. The average Bonchev–Trinajstić information content (AvgIpc) is 2.54. The number of hydrazine groups is 1. The first-order chi connectivity index (χ1) is 11.6. The van der Waals surface area contributed by atoms with Crippen molar-refractivity contribution in [3.63, 3.8) is 0 Å². The predicted octanol–water partition coefficient (Wildman–Crippen LogP) is 3.99. The average molecular weight is 344 g/mol. The minimum Gasteiger partial charge on any atom is -0.331 e. The molecule has 1 aromatic heterocycles. The van der Waals surface area contributed by atoms with E-state index in [4.69, 9.17) is 12.2 Å². The minimum atomic E-state index is 0.528. The van der Waals surface area contributed by atoms with Gasteiger partial charge in [0.25, 0.3) is 0 Å². The Bertz CT molecular complexity index is 639. The highest BCUT2D eigenvalue weighted by Gasteiger charge is 2.12. The Balaban J connectivity index is 2.08. The molecule has 0 aliphatic carbocycles. The number of nitrogens with one attached hydrogen (secondary N) is 2. The molecule has 0 amide bonds. The van der Waals surface area contributed by atoms with Crippen LogP contribution in [-0.2, 0) is 0 Å². The summed E-state index contributed by atoms with van der Waals surface area (Å²) in [7, 11) is 0. The lowest BCUT2D eigenvalue weighted by Crippen LogP contribution is -2.46. The fraction of sp³-hybridized carbons (Fsp3) is 0.389. The molecule has 0 bridgehead atoms. The van der Waals surface area contributed by atoms with Gasteiger partial charge in [-0.3, -0.25) is 10.4 Å². The Hall–Kier alpha value is -2.21. The number of anilines is 2. The highest BCUT2D eigenvalue weighted by atomic mass is 32.1. The van der Waals surface area contributed by atoms with Crippen LogP contribution >= 0.6 is 12.2 Å². The maximum atomic E-state index is 5.44. The molecule has 5 nitrogen and oxygen atoms in total. The molecule has 0 saturated carbocycles. The molecule has 0 aliphatic rings. The van der Waals surface area contributed by atoms with E-state index in [0.717, 1.165) is 42.9 Å². The topological polar surface area (TPSA) is 53.1 Å². The molecule has 128 valence electrons. The Morgan fingerprint density at radius 3 is 2.38 bits per heavy atom. The van der Waals surface area contributed by atoms with Crippen molar-refractivity contribution in [1.29, 1.82) is 0 Å². The first kappa shape index (κ1) is 18.1. The van der Waals surface area contributed by atoms with Crippen LogP contribution in [-0.4, -0.2) is 21.6 Å². The molecular weight excluding hydrogens is 318 g/mol. The lowest BCUT2D eigenvalue weighted by molar-refractivity contribution is 0.646. The van der Waals surface area contributed by atoms with Crippen LogP contribution in [0.2, 0.25) is 0 Å². The number of unbranched alkanes of at least 4 members (excludes halogenated alkanes) is 2. The summed E-state index contributed by atoms with van der Waals surface area (Å²) in [6.45, 7) is 6.94. The summed E-state index contributed by atoms with van der Waals surface area (Å²) in [5.41, 5.74) is 6.06. The standard InChI is InChI=1S/C18H25N5S/c1-4-5-9-12-23(17-19-14(2)13-15(3)20-17)22-18(24)21-16-10-7-6-8-11-16/h6-8,10-11,13H,4-5,9,12H2,1-3H3,(H2,21,22,24). The summed E-state index contributed by atoms with van der Waals surface area (Å²) in [5.74, 6) is 0.654. The van der Waals surface area contributed by atoms with E-state index < -0.39 is 0 Å². The van der Waals surface area contributed by atoms with Crippen molar-refractivity contribution in [3.05, 3.63) is 47.8 Å². The monoisotopic (exact) mass is 343 g/mol. The second kappa shape index (κ2) is 9.17. The van der Waals surface area contributed by atoms with Crippen LogP contribution in [0.4, 0.5) is 11.6 Å². The fourth-order valence-electron chi connectivity index (χ4n) is 2.36. The first-order valence-electron chi connectivity index (χ1n) is 8.31. The van der Waals surface area contributed by atoms with Crippen LogP contribution in [0.5, 0.6) is 0 Å². The minimum absolute atomic E-state index is 0.528. The van der Waals surface area contributed by atoms with E-state index in [1.807, 2.05) is 55.3 Å². The number of thiocarbonyl (C=S) groups is 1. The number of nitrogens with zero attached hydrogens (tertiary/aromatic N) is 3. The van der Waals surface area contributed by atoms with Gasteiger partial charge < -0.3 is 5.32 Å². The molecule has 24 heavy (non-hydrogen) atoms. The number of rotatable bonds is 7. The van der Waals surface area contributed by atoms with Crippen molar-refractivity contribution in [3.8, 4) is 0 Å². The van der Waals surface area contributed by atoms with Gasteiger partial charge in [0.1, 0.15) is 0 Å². The summed E-state index contributed by atoms with van der Waals surface area (Å²) in [4.78, 5) is 9.08. The van der Waals surface area contributed by atoms with Crippen LogP contribution in [0.25, 0.3) is 0 Å². The zero-order valence-corrected chi connectivity index (χ0v) is 15.4. The third-order valence-electron chi connectivity index (χ3n) is 3.47. The summed E-state index contributed by atoms with van der Waals surface area (Å²) in [6, 6.07) is 11.8. The summed E-state index contributed by atoms with van der Waals surface area (Å²) in [6.07, 6.45) is 3.36. The maximum Gasteiger partial charge on any atom is 0.244 e. The highest BCUT2D eigenvalue weighted by molar-refractivity contribution is 7.80. The van der Waals surface area contributed by atoms with Gasteiger partial charge in [0, 0.05) is 23.6 Å². The van der Waals surface area contributed by atoms with Gasteiger partial charge >= 0.3 is 0 Å². The van der Waals surface area contributed by atoms with Gasteiger partial charge in [0.15, 0.2) is 5.11 Å². The summed E-state index contributed by atoms with van der Waals surface area (Å²) >= 11 is 5.44. The number of aryl methyl sites for hydroxylation is 2.